The third kappa shape index (κ3) is 5.33. The quantitative estimate of drug-likeness (QED) is 0.582. The fourth-order valence-electron chi connectivity index (χ4n) is 1.58. The van der Waals surface area contributed by atoms with Crippen LogP contribution in [-0.2, 0) is 4.79 Å². The van der Waals surface area contributed by atoms with Gasteiger partial charge in [0.25, 0.3) is 5.91 Å². The number of carbonyl (C=O) groups is 2. The summed E-state index contributed by atoms with van der Waals surface area (Å²) >= 11 is 0. The second kappa shape index (κ2) is 8.02. The lowest BCUT2D eigenvalue weighted by Crippen LogP contribution is -2.25. The number of nitrogens with zero attached hydrogens (tertiary/aromatic N) is 1. The topological polar surface area (TPSA) is 79.3 Å². The van der Waals surface area contributed by atoms with Gasteiger partial charge in [0.2, 0.25) is 0 Å². The highest BCUT2D eigenvalue weighted by atomic mass is 16.4. The molecule has 0 saturated heterocycles. The van der Waals surface area contributed by atoms with Gasteiger partial charge < -0.3 is 10.4 Å². The molecule has 102 valence electrons. The molecule has 0 aliphatic rings. The van der Waals surface area contributed by atoms with Gasteiger partial charge in [0, 0.05) is 36.1 Å². The first kappa shape index (κ1) is 14.9. The summed E-state index contributed by atoms with van der Waals surface area (Å²) in [5.74, 6) is -1.26. The Kier molecular flexibility index (Phi) is 6.29. The maximum absolute atomic E-state index is 12.0. The minimum Gasteiger partial charge on any atom is -0.478 e. The molecule has 1 aromatic rings. The molecular weight excluding hydrogens is 244 g/mol. The second-order valence-electron chi connectivity index (χ2n) is 4.10. The van der Waals surface area contributed by atoms with Crippen LogP contribution in [0.5, 0.6) is 0 Å². The van der Waals surface area contributed by atoms with Crippen molar-refractivity contribution in [3.8, 4) is 0 Å². The van der Waals surface area contributed by atoms with Crippen LogP contribution in [0.15, 0.2) is 24.5 Å². The molecule has 1 aromatic heterocycles. The summed E-state index contributed by atoms with van der Waals surface area (Å²) in [6.07, 6.45) is 8.45. The Labute approximate surface area is 112 Å². The van der Waals surface area contributed by atoms with Gasteiger partial charge in [0.15, 0.2) is 0 Å². The second-order valence-corrected chi connectivity index (χ2v) is 4.10. The van der Waals surface area contributed by atoms with Gasteiger partial charge >= 0.3 is 5.97 Å². The molecule has 0 spiro atoms. The summed E-state index contributed by atoms with van der Waals surface area (Å²) in [4.78, 5) is 26.3. The van der Waals surface area contributed by atoms with Gasteiger partial charge in [-0.25, -0.2) is 4.79 Å². The summed E-state index contributed by atoms with van der Waals surface area (Å²) in [5.41, 5.74) is 0.932. The van der Waals surface area contributed by atoms with Crippen molar-refractivity contribution in [2.24, 2.45) is 0 Å². The largest absolute Gasteiger partial charge is 0.478 e. The molecule has 0 aliphatic carbocycles. The van der Waals surface area contributed by atoms with Crippen LogP contribution in [0.4, 0.5) is 0 Å². The first-order valence-corrected chi connectivity index (χ1v) is 6.28. The number of aromatic nitrogens is 1. The van der Waals surface area contributed by atoms with Crippen LogP contribution in [0.3, 0.4) is 0 Å². The van der Waals surface area contributed by atoms with E-state index in [-0.39, 0.29) is 5.91 Å². The Balaban J connectivity index is 2.71. The number of aliphatic carboxylic acids is 1. The predicted octanol–water partition coefficient (Wildman–Crippen LogP) is 2.10. The zero-order chi connectivity index (χ0) is 14.1. The SMILES string of the molecule is CCCCCNC(=O)c1ccncc1C=CC(=O)O. The van der Waals surface area contributed by atoms with E-state index in [0.29, 0.717) is 17.7 Å². The van der Waals surface area contributed by atoms with Crippen molar-refractivity contribution < 1.29 is 14.7 Å². The number of rotatable bonds is 7. The molecule has 5 nitrogen and oxygen atoms in total. The van der Waals surface area contributed by atoms with E-state index in [1.165, 1.54) is 18.5 Å². The Bertz CT molecular complexity index is 470. The van der Waals surface area contributed by atoms with Crippen LogP contribution in [0.2, 0.25) is 0 Å². The molecule has 19 heavy (non-hydrogen) atoms. The summed E-state index contributed by atoms with van der Waals surface area (Å²) < 4.78 is 0. The molecular formula is C14H18N2O3. The van der Waals surface area contributed by atoms with E-state index in [4.69, 9.17) is 5.11 Å². The Hall–Kier alpha value is -2.17. The summed E-state index contributed by atoms with van der Waals surface area (Å²) in [5, 5.41) is 11.4. The number of unbranched alkanes of at least 4 members (excludes halogenated alkanes) is 2. The zero-order valence-electron chi connectivity index (χ0n) is 10.9. The van der Waals surface area contributed by atoms with E-state index in [0.717, 1.165) is 25.3 Å². The van der Waals surface area contributed by atoms with Crippen molar-refractivity contribution >= 4 is 18.0 Å². The van der Waals surface area contributed by atoms with Crippen LogP contribution < -0.4 is 5.32 Å². The van der Waals surface area contributed by atoms with Crippen LogP contribution in [0.25, 0.3) is 6.08 Å². The van der Waals surface area contributed by atoms with Gasteiger partial charge in [-0.15, -0.1) is 0 Å². The maximum atomic E-state index is 12.0. The predicted molar refractivity (Wildman–Crippen MR) is 72.8 cm³/mol. The van der Waals surface area contributed by atoms with Gasteiger partial charge in [-0.2, -0.15) is 0 Å². The van der Waals surface area contributed by atoms with Crippen LogP contribution in [-0.4, -0.2) is 28.5 Å². The fourth-order valence-corrected chi connectivity index (χ4v) is 1.58. The number of hydrogen-bond donors (Lipinski definition) is 2. The molecule has 0 atom stereocenters. The molecule has 2 N–H and O–H groups in total. The van der Waals surface area contributed by atoms with E-state index in [2.05, 4.69) is 17.2 Å². The molecule has 0 fully saturated rings. The van der Waals surface area contributed by atoms with E-state index in [9.17, 15) is 9.59 Å². The number of amides is 1. The molecule has 0 bridgehead atoms. The van der Waals surface area contributed by atoms with Crippen LogP contribution in [0, 0.1) is 0 Å². The number of carboxylic acids is 1. The minimum atomic E-state index is -1.06. The number of nitrogens with one attached hydrogen (secondary N) is 1. The standard InChI is InChI=1S/C14H18N2O3/c1-2-3-4-8-16-14(19)12-7-9-15-10-11(12)5-6-13(17)18/h5-7,9-10H,2-4,8H2,1H3,(H,16,19)(H,17,18). The van der Waals surface area contributed by atoms with E-state index >= 15 is 0 Å². The molecule has 0 unspecified atom stereocenters. The molecule has 0 aromatic carbocycles. The molecule has 5 heteroatoms. The highest BCUT2D eigenvalue weighted by Gasteiger charge is 2.08. The highest BCUT2D eigenvalue weighted by molar-refractivity contribution is 5.98. The van der Waals surface area contributed by atoms with Crippen molar-refractivity contribution in [2.45, 2.75) is 26.2 Å². The molecule has 0 radical (unpaired) electrons. The Morgan fingerprint density at radius 1 is 1.42 bits per heavy atom. The van der Waals surface area contributed by atoms with Crippen molar-refractivity contribution in [3.05, 3.63) is 35.7 Å². The van der Waals surface area contributed by atoms with Crippen molar-refractivity contribution in [3.63, 3.8) is 0 Å². The number of carbonyl (C=O) groups excluding carboxylic acids is 1. The Morgan fingerprint density at radius 3 is 2.89 bits per heavy atom. The number of carboxylic acid groups (broad SMARTS) is 1. The Morgan fingerprint density at radius 2 is 2.21 bits per heavy atom. The molecule has 1 amide bonds. The summed E-state index contributed by atoms with van der Waals surface area (Å²) in [6.45, 7) is 2.72. The lowest BCUT2D eigenvalue weighted by atomic mass is 10.1. The lowest BCUT2D eigenvalue weighted by molar-refractivity contribution is -0.131. The van der Waals surface area contributed by atoms with Gasteiger partial charge in [-0.3, -0.25) is 9.78 Å². The van der Waals surface area contributed by atoms with Gasteiger partial charge in [0.1, 0.15) is 0 Å². The van der Waals surface area contributed by atoms with E-state index < -0.39 is 5.97 Å². The number of pyridine rings is 1. The average Bonchev–Trinajstić information content (AvgIpc) is 2.41. The van der Waals surface area contributed by atoms with Crippen molar-refractivity contribution in [2.75, 3.05) is 6.54 Å². The molecule has 0 aliphatic heterocycles. The molecule has 1 heterocycles. The van der Waals surface area contributed by atoms with Gasteiger partial charge in [-0.05, 0) is 18.6 Å². The van der Waals surface area contributed by atoms with Crippen LogP contribution >= 0.6 is 0 Å². The lowest BCUT2D eigenvalue weighted by Gasteiger charge is -2.07. The average molecular weight is 262 g/mol. The first-order chi connectivity index (χ1) is 9.15. The van der Waals surface area contributed by atoms with E-state index in [1.54, 1.807) is 6.07 Å². The molecule has 1 rings (SSSR count). The van der Waals surface area contributed by atoms with E-state index in [1.807, 2.05) is 0 Å². The summed E-state index contributed by atoms with van der Waals surface area (Å²) in [7, 11) is 0. The fraction of sp³-hybridized carbons (Fsp3) is 0.357. The third-order valence-corrected chi connectivity index (χ3v) is 2.57. The van der Waals surface area contributed by atoms with Crippen LogP contribution in [0.1, 0.15) is 42.1 Å². The highest BCUT2D eigenvalue weighted by Crippen LogP contribution is 2.09. The third-order valence-electron chi connectivity index (χ3n) is 2.57. The first-order valence-electron chi connectivity index (χ1n) is 6.28. The van der Waals surface area contributed by atoms with Crippen molar-refractivity contribution in [1.29, 1.82) is 0 Å². The number of hydrogen-bond acceptors (Lipinski definition) is 3. The zero-order valence-corrected chi connectivity index (χ0v) is 10.9. The normalized spacial score (nSPS) is 10.6. The molecule has 0 saturated carbocycles. The van der Waals surface area contributed by atoms with Gasteiger partial charge in [0.05, 0.1) is 0 Å². The monoisotopic (exact) mass is 262 g/mol. The van der Waals surface area contributed by atoms with Crippen molar-refractivity contribution in [1.82, 2.24) is 10.3 Å². The maximum Gasteiger partial charge on any atom is 0.328 e. The smallest absolute Gasteiger partial charge is 0.328 e. The van der Waals surface area contributed by atoms with Gasteiger partial charge in [-0.1, -0.05) is 19.8 Å². The minimum absolute atomic E-state index is 0.205. The summed E-state index contributed by atoms with van der Waals surface area (Å²) in [6, 6.07) is 1.58.